The summed E-state index contributed by atoms with van der Waals surface area (Å²) < 4.78 is 5.34. The van der Waals surface area contributed by atoms with Gasteiger partial charge in [0.25, 0.3) is 5.91 Å². The molecule has 2 N–H and O–H groups in total. The summed E-state index contributed by atoms with van der Waals surface area (Å²) >= 11 is 0. The highest BCUT2D eigenvalue weighted by Gasteiger charge is 2.25. The van der Waals surface area contributed by atoms with Gasteiger partial charge in [-0.15, -0.1) is 0 Å². The van der Waals surface area contributed by atoms with E-state index in [9.17, 15) is 4.79 Å². The second-order valence-corrected chi connectivity index (χ2v) is 6.81. The fraction of sp³-hybridized carbons (Fsp3) is 0.350. The number of nitrogens with one attached hydrogen (secondary N) is 2. The number of aromatic nitrogens is 2. The number of likely N-dealkylation sites (N-methyl/N-ethyl adjacent to an activating group) is 1. The molecule has 1 amide bonds. The monoisotopic (exact) mass is 365 g/mol. The number of hydrogen-bond acceptors (Lipinski definition) is 6. The lowest BCUT2D eigenvalue weighted by atomic mass is 10.1. The van der Waals surface area contributed by atoms with Crippen LogP contribution in [0.15, 0.2) is 47.0 Å². The van der Waals surface area contributed by atoms with Crippen molar-refractivity contribution < 1.29 is 9.32 Å². The topological polar surface area (TPSA) is 83.3 Å². The molecule has 4 rings (SSSR count). The minimum atomic E-state index is -0.100. The van der Waals surface area contributed by atoms with Crippen molar-refractivity contribution in [1.82, 2.24) is 25.7 Å². The van der Waals surface area contributed by atoms with Gasteiger partial charge >= 0.3 is 0 Å². The van der Waals surface area contributed by atoms with E-state index in [4.69, 9.17) is 4.52 Å². The van der Waals surface area contributed by atoms with Gasteiger partial charge in [-0.2, -0.15) is 4.98 Å². The maximum Gasteiger partial charge on any atom is 0.251 e. The van der Waals surface area contributed by atoms with Crippen LogP contribution in [0.5, 0.6) is 0 Å². The Morgan fingerprint density at radius 1 is 1.30 bits per heavy atom. The van der Waals surface area contributed by atoms with E-state index in [2.05, 4.69) is 32.7 Å². The third kappa shape index (κ3) is 3.99. The molecule has 2 heterocycles. The van der Waals surface area contributed by atoms with Crippen molar-refractivity contribution in [2.75, 3.05) is 33.2 Å². The summed E-state index contributed by atoms with van der Waals surface area (Å²) in [4.78, 5) is 19.1. The van der Waals surface area contributed by atoms with E-state index in [0.717, 1.165) is 30.4 Å². The molecule has 140 valence electrons. The van der Waals surface area contributed by atoms with Crippen molar-refractivity contribution in [1.29, 1.82) is 0 Å². The minimum absolute atomic E-state index is 0.100. The molecule has 2 aromatic carbocycles. The van der Waals surface area contributed by atoms with E-state index in [-0.39, 0.29) is 11.9 Å². The molecule has 0 aliphatic carbocycles. The Hall–Kier alpha value is -2.77. The van der Waals surface area contributed by atoms with Gasteiger partial charge in [0, 0.05) is 38.2 Å². The number of amides is 1. The van der Waals surface area contributed by atoms with Gasteiger partial charge in [0.2, 0.25) is 5.89 Å². The van der Waals surface area contributed by atoms with E-state index >= 15 is 0 Å². The molecular weight excluding hydrogens is 342 g/mol. The number of nitrogens with zero attached hydrogens (tertiary/aromatic N) is 3. The summed E-state index contributed by atoms with van der Waals surface area (Å²) in [5, 5.41) is 12.5. The van der Waals surface area contributed by atoms with E-state index in [1.165, 1.54) is 0 Å². The number of rotatable bonds is 5. The Kier molecular flexibility index (Phi) is 5.13. The average molecular weight is 365 g/mol. The number of piperazine rings is 1. The summed E-state index contributed by atoms with van der Waals surface area (Å²) in [7, 11) is 2.06. The molecule has 0 bridgehead atoms. The molecule has 0 saturated carbocycles. The van der Waals surface area contributed by atoms with Crippen molar-refractivity contribution in [2.45, 2.75) is 12.5 Å². The van der Waals surface area contributed by atoms with Crippen molar-refractivity contribution in [3.8, 4) is 0 Å². The number of benzene rings is 2. The Balaban J connectivity index is 1.33. The first-order valence-corrected chi connectivity index (χ1v) is 9.21. The van der Waals surface area contributed by atoms with Crippen molar-refractivity contribution in [3.05, 3.63) is 59.7 Å². The van der Waals surface area contributed by atoms with Crippen LogP contribution in [-0.4, -0.2) is 54.2 Å². The van der Waals surface area contributed by atoms with Crippen LogP contribution in [0.2, 0.25) is 0 Å². The molecule has 1 aromatic heterocycles. The lowest BCUT2D eigenvalue weighted by molar-refractivity contribution is 0.0953. The predicted octanol–water partition coefficient (Wildman–Crippen LogP) is 1.77. The van der Waals surface area contributed by atoms with Crippen LogP contribution in [0, 0.1) is 0 Å². The van der Waals surface area contributed by atoms with Crippen LogP contribution < -0.4 is 10.6 Å². The Morgan fingerprint density at radius 3 is 3.00 bits per heavy atom. The smallest absolute Gasteiger partial charge is 0.251 e. The van der Waals surface area contributed by atoms with Gasteiger partial charge in [0.05, 0.1) is 6.04 Å². The molecule has 27 heavy (non-hydrogen) atoms. The SMILES string of the molecule is CN1CCNCC1c1noc(CCNC(=O)c2ccc3ccccc3c2)n1. The third-order valence-electron chi connectivity index (χ3n) is 4.93. The molecule has 0 spiro atoms. The van der Waals surface area contributed by atoms with Crippen molar-refractivity contribution in [2.24, 2.45) is 0 Å². The molecule has 7 heteroatoms. The highest BCUT2D eigenvalue weighted by atomic mass is 16.5. The first-order chi connectivity index (χ1) is 13.2. The Morgan fingerprint density at radius 2 is 2.15 bits per heavy atom. The zero-order chi connectivity index (χ0) is 18.6. The first kappa shape index (κ1) is 17.6. The fourth-order valence-corrected chi connectivity index (χ4v) is 3.31. The standard InChI is InChI=1S/C20H23N5O2/c1-25-11-10-21-13-17(25)19-23-18(27-24-19)8-9-22-20(26)16-7-6-14-4-2-3-5-15(14)12-16/h2-7,12,17,21H,8-11,13H2,1H3,(H,22,26). The maximum absolute atomic E-state index is 12.4. The van der Waals surface area contributed by atoms with Gasteiger partial charge in [-0.1, -0.05) is 35.5 Å². The van der Waals surface area contributed by atoms with Gasteiger partial charge < -0.3 is 15.2 Å². The number of hydrogen-bond donors (Lipinski definition) is 2. The second-order valence-electron chi connectivity index (χ2n) is 6.81. The van der Waals surface area contributed by atoms with Gasteiger partial charge in [0.15, 0.2) is 5.82 Å². The lowest BCUT2D eigenvalue weighted by Crippen LogP contribution is -2.44. The number of fused-ring (bicyclic) bond motifs is 1. The van der Waals surface area contributed by atoms with E-state index in [0.29, 0.717) is 30.2 Å². The van der Waals surface area contributed by atoms with Gasteiger partial charge in [-0.3, -0.25) is 9.69 Å². The molecule has 7 nitrogen and oxygen atoms in total. The first-order valence-electron chi connectivity index (χ1n) is 9.21. The fourth-order valence-electron chi connectivity index (χ4n) is 3.31. The van der Waals surface area contributed by atoms with E-state index in [1.54, 1.807) is 0 Å². The predicted molar refractivity (Wildman–Crippen MR) is 103 cm³/mol. The Labute approximate surface area is 157 Å². The summed E-state index contributed by atoms with van der Waals surface area (Å²) in [6, 6.07) is 13.8. The van der Waals surface area contributed by atoms with Gasteiger partial charge in [0.1, 0.15) is 0 Å². The quantitative estimate of drug-likeness (QED) is 0.717. The zero-order valence-electron chi connectivity index (χ0n) is 15.3. The molecule has 1 aliphatic rings. The average Bonchev–Trinajstić information content (AvgIpc) is 3.16. The van der Waals surface area contributed by atoms with Gasteiger partial charge in [-0.05, 0) is 30.0 Å². The van der Waals surface area contributed by atoms with Crippen LogP contribution in [0.3, 0.4) is 0 Å². The Bertz CT molecular complexity index is 939. The third-order valence-corrected chi connectivity index (χ3v) is 4.93. The van der Waals surface area contributed by atoms with E-state index < -0.39 is 0 Å². The normalized spacial score (nSPS) is 17.9. The maximum atomic E-state index is 12.4. The number of carbonyl (C=O) groups is 1. The zero-order valence-corrected chi connectivity index (χ0v) is 15.3. The van der Waals surface area contributed by atoms with Crippen LogP contribution >= 0.6 is 0 Å². The summed E-state index contributed by atoms with van der Waals surface area (Å²) in [5.41, 5.74) is 0.648. The van der Waals surface area contributed by atoms with E-state index in [1.807, 2.05) is 42.5 Å². The summed E-state index contributed by atoms with van der Waals surface area (Å²) in [6.07, 6.45) is 0.510. The van der Waals surface area contributed by atoms with Gasteiger partial charge in [-0.25, -0.2) is 0 Å². The number of carbonyl (C=O) groups excluding carboxylic acids is 1. The highest BCUT2D eigenvalue weighted by Crippen LogP contribution is 2.18. The molecule has 3 aromatic rings. The largest absolute Gasteiger partial charge is 0.352 e. The molecule has 1 atom stereocenters. The van der Waals surface area contributed by atoms with Crippen molar-refractivity contribution in [3.63, 3.8) is 0 Å². The van der Waals surface area contributed by atoms with Crippen LogP contribution in [-0.2, 0) is 6.42 Å². The molecule has 1 aliphatic heterocycles. The summed E-state index contributed by atoms with van der Waals surface area (Å²) in [5.74, 6) is 1.14. The molecule has 1 fully saturated rings. The lowest BCUT2D eigenvalue weighted by Gasteiger charge is -2.30. The molecule has 0 radical (unpaired) electrons. The molecule has 1 saturated heterocycles. The van der Waals surface area contributed by atoms with Crippen LogP contribution in [0.1, 0.15) is 28.1 Å². The summed E-state index contributed by atoms with van der Waals surface area (Å²) in [6.45, 7) is 3.19. The van der Waals surface area contributed by atoms with Crippen LogP contribution in [0.25, 0.3) is 10.8 Å². The molecule has 1 unspecified atom stereocenters. The molecular formula is C20H23N5O2. The van der Waals surface area contributed by atoms with Crippen LogP contribution in [0.4, 0.5) is 0 Å². The highest BCUT2D eigenvalue weighted by molar-refractivity contribution is 5.98. The van der Waals surface area contributed by atoms with Crippen molar-refractivity contribution >= 4 is 16.7 Å². The minimum Gasteiger partial charge on any atom is -0.352 e. The second kappa shape index (κ2) is 7.85.